The summed E-state index contributed by atoms with van der Waals surface area (Å²) in [7, 11) is -2.17. The van der Waals surface area contributed by atoms with Crippen molar-refractivity contribution in [2.24, 2.45) is 0 Å². The molecule has 0 fully saturated rings. The van der Waals surface area contributed by atoms with Crippen molar-refractivity contribution in [1.82, 2.24) is 13.6 Å². The highest BCUT2D eigenvalue weighted by Crippen LogP contribution is 2.34. The number of anilines is 1. The Morgan fingerprint density at radius 1 is 1.26 bits per heavy atom. The van der Waals surface area contributed by atoms with Gasteiger partial charge in [0.2, 0.25) is 5.91 Å². The van der Waals surface area contributed by atoms with Crippen LogP contribution in [-0.4, -0.2) is 48.1 Å². The highest BCUT2D eigenvalue weighted by atomic mass is 35.5. The SMILES string of the molecule is CCN(C)S(=O)(=O)N1Cc2ccc(Cl)cc2C(C(=O)Nc2cncc3ccccc23)C1. The largest absolute Gasteiger partial charge is 0.324 e. The minimum Gasteiger partial charge on any atom is -0.324 e. The van der Waals surface area contributed by atoms with Gasteiger partial charge in [-0.25, -0.2) is 0 Å². The third-order valence-electron chi connectivity index (χ3n) is 5.62. The zero-order chi connectivity index (χ0) is 22.2. The van der Waals surface area contributed by atoms with Crippen LogP contribution in [0.1, 0.15) is 24.0 Å². The fourth-order valence-corrected chi connectivity index (χ4v) is 5.33. The molecule has 2 heterocycles. The van der Waals surface area contributed by atoms with Crippen LogP contribution in [0.4, 0.5) is 5.69 Å². The smallest absolute Gasteiger partial charge is 0.282 e. The molecule has 0 saturated heterocycles. The molecule has 2 aromatic carbocycles. The van der Waals surface area contributed by atoms with E-state index in [4.69, 9.17) is 11.6 Å². The number of nitrogens with zero attached hydrogens (tertiary/aromatic N) is 3. The van der Waals surface area contributed by atoms with Crippen LogP contribution in [0.2, 0.25) is 5.02 Å². The number of nitrogens with one attached hydrogen (secondary N) is 1. The zero-order valence-electron chi connectivity index (χ0n) is 17.2. The number of fused-ring (bicyclic) bond motifs is 2. The number of pyridine rings is 1. The summed E-state index contributed by atoms with van der Waals surface area (Å²) in [5.41, 5.74) is 2.08. The van der Waals surface area contributed by atoms with Gasteiger partial charge < -0.3 is 5.32 Å². The van der Waals surface area contributed by atoms with Crippen molar-refractivity contribution in [3.05, 3.63) is 71.0 Å². The van der Waals surface area contributed by atoms with Gasteiger partial charge in [0.1, 0.15) is 0 Å². The van der Waals surface area contributed by atoms with E-state index in [0.717, 1.165) is 21.9 Å². The van der Waals surface area contributed by atoms with Crippen molar-refractivity contribution in [1.29, 1.82) is 0 Å². The Bertz CT molecular complexity index is 1240. The average Bonchev–Trinajstić information content (AvgIpc) is 2.77. The third-order valence-corrected chi connectivity index (χ3v) is 7.84. The second kappa shape index (κ2) is 8.55. The number of aromatic nitrogens is 1. The Morgan fingerprint density at radius 2 is 2.03 bits per heavy atom. The van der Waals surface area contributed by atoms with Gasteiger partial charge >= 0.3 is 0 Å². The van der Waals surface area contributed by atoms with Gasteiger partial charge in [-0.15, -0.1) is 0 Å². The first-order chi connectivity index (χ1) is 14.8. The lowest BCUT2D eigenvalue weighted by Crippen LogP contribution is -2.47. The molecule has 3 aromatic rings. The molecule has 1 aromatic heterocycles. The van der Waals surface area contributed by atoms with E-state index in [2.05, 4.69) is 10.3 Å². The number of benzene rings is 2. The minimum atomic E-state index is -3.70. The van der Waals surface area contributed by atoms with E-state index in [0.29, 0.717) is 17.3 Å². The molecule has 9 heteroatoms. The maximum Gasteiger partial charge on any atom is 0.282 e. The van der Waals surface area contributed by atoms with E-state index < -0.39 is 16.1 Å². The van der Waals surface area contributed by atoms with Crippen LogP contribution in [0, 0.1) is 0 Å². The molecular formula is C22H23ClN4O3S. The molecule has 1 atom stereocenters. The Labute approximate surface area is 186 Å². The van der Waals surface area contributed by atoms with E-state index >= 15 is 0 Å². The molecule has 0 radical (unpaired) electrons. The number of amides is 1. The van der Waals surface area contributed by atoms with Gasteiger partial charge in [-0.05, 0) is 23.3 Å². The second-order valence-electron chi connectivity index (χ2n) is 7.51. The van der Waals surface area contributed by atoms with Crippen LogP contribution in [-0.2, 0) is 21.5 Å². The summed E-state index contributed by atoms with van der Waals surface area (Å²) in [6, 6.07) is 12.9. The van der Waals surface area contributed by atoms with Crippen molar-refractivity contribution >= 4 is 44.2 Å². The van der Waals surface area contributed by atoms with Gasteiger partial charge in [-0.2, -0.15) is 17.0 Å². The molecular weight excluding hydrogens is 436 g/mol. The molecule has 0 bridgehead atoms. The number of carbonyl (C=O) groups excluding carboxylic acids is 1. The predicted molar refractivity (Wildman–Crippen MR) is 122 cm³/mol. The Balaban J connectivity index is 1.71. The average molecular weight is 459 g/mol. The van der Waals surface area contributed by atoms with Gasteiger partial charge in [0.25, 0.3) is 10.2 Å². The van der Waals surface area contributed by atoms with Crippen LogP contribution in [0.3, 0.4) is 0 Å². The zero-order valence-corrected chi connectivity index (χ0v) is 18.8. The Hall–Kier alpha value is -2.52. The number of halogens is 1. The van der Waals surface area contributed by atoms with Crippen molar-refractivity contribution in [3.63, 3.8) is 0 Å². The van der Waals surface area contributed by atoms with Crippen molar-refractivity contribution in [3.8, 4) is 0 Å². The normalized spacial score (nSPS) is 17.0. The predicted octanol–water partition coefficient (Wildman–Crippen LogP) is 3.62. The number of rotatable bonds is 5. The van der Waals surface area contributed by atoms with Gasteiger partial charge in [0, 0.05) is 48.7 Å². The molecule has 162 valence electrons. The van der Waals surface area contributed by atoms with E-state index in [9.17, 15) is 13.2 Å². The van der Waals surface area contributed by atoms with Gasteiger partial charge in [0.05, 0.1) is 17.8 Å². The second-order valence-corrected chi connectivity index (χ2v) is 9.98. The molecule has 4 rings (SSSR count). The first-order valence-electron chi connectivity index (χ1n) is 9.94. The summed E-state index contributed by atoms with van der Waals surface area (Å²) in [4.78, 5) is 17.6. The molecule has 0 spiro atoms. The van der Waals surface area contributed by atoms with Crippen LogP contribution in [0.5, 0.6) is 0 Å². The lowest BCUT2D eigenvalue weighted by Gasteiger charge is -2.35. The lowest BCUT2D eigenvalue weighted by atomic mass is 9.90. The van der Waals surface area contributed by atoms with Crippen LogP contribution in [0.15, 0.2) is 54.9 Å². The Kier molecular flexibility index (Phi) is 5.98. The van der Waals surface area contributed by atoms with Gasteiger partial charge in [-0.3, -0.25) is 9.78 Å². The fraction of sp³-hybridized carbons (Fsp3) is 0.273. The number of hydrogen-bond donors (Lipinski definition) is 1. The van der Waals surface area contributed by atoms with E-state index in [1.807, 2.05) is 24.3 Å². The third kappa shape index (κ3) is 4.16. The van der Waals surface area contributed by atoms with E-state index in [1.165, 1.54) is 15.7 Å². The quantitative estimate of drug-likeness (QED) is 0.633. The first-order valence-corrected chi connectivity index (χ1v) is 11.7. The highest BCUT2D eigenvalue weighted by Gasteiger charge is 2.37. The van der Waals surface area contributed by atoms with E-state index in [1.54, 1.807) is 37.5 Å². The van der Waals surface area contributed by atoms with Crippen LogP contribution in [0.25, 0.3) is 10.8 Å². The molecule has 31 heavy (non-hydrogen) atoms. The molecule has 1 aliphatic rings. The van der Waals surface area contributed by atoms with Gasteiger partial charge in [0.15, 0.2) is 0 Å². The lowest BCUT2D eigenvalue weighted by molar-refractivity contribution is -0.118. The van der Waals surface area contributed by atoms with Crippen molar-refractivity contribution in [2.75, 3.05) is 25.5 Å². The molecule has 1 unspecified atom stereocenters. The molecule has 1 N–H and O–H groups in total. The molecule has 1 aliphatic heterocycles. The molecule has 0 saturated carbocycles. The number of hydrogen-bond acceptors (Lipinski definition) is 4. The highest BCUT2D eigenvalue weighted by molar-refractivity contribution is 7.86. The standard InChI is InChI=1S/C22H23ClN4O3S/c1-3-26(2)31(29,30)27-13-16-8-9-17(23)10-19(16)20(14-27)22(28)25-21-12-24-11-15-6-4-5-7-18(15)21/h4-12,20H,3,13-14H2,1-2H3,(H,25,28). The minimum absolute atomic E-state index is 0.0318. The topological polar surface area (TPSA) is 82.6 Å². The monoisotopic (exact) mass is 458 g/mol. The maximum atomic E-state index is 13.4. The molecule has 0 aliphatic carbocycles. The van der Waals surface area contributed by atoms with Gasteiger partial charge in [-0.1, -0.05) is 48.9 Å². The summed E-state index contributed by atoms with van der Waals surface area (Å²) < 4.78 is 28.6. The Morgan fingerprint density at radius 3 is 2.81 bits per heavy atom. The van der Waals surface area contributed by atoms with Crippen molar-refractivity contribution < 1.29 is 13.2 Å². The van der Waals surface area contributed by atoms with Crippen LogP contribution >= 0.6 is 11.6 Å². The summed E-state index contributed by atoms with van der Waals surface area (Å²) in [5, 5.41) is 5.22. The van der Waals surface area contributed by atoms with E-state index in [-0.39, 0.29) is 19.0 Å². The summed E-state index contributed by atoms with van der Waals surface area (Å²) in [6.45, 7) is 2.33. The molecule has 7 nitrogen and oxygen atoms in total. The van der Waals surface area contributed by atoms with Crippen LogP contribution < -0.4 is 5.32 Å². The molecule has 1 amide bonds. The fourth-order valence-electron chi connectivity index (χ4n) is 3.79. The summed E-state index contributed by atoms with van der Waals surface area (Å²) in [6.07, 6.45) is 3.33. The maximum absolute atomic E-state index is 13.4. The van der Waals surface area contributed by atoms with Crippen molar-refractivity contribution in [2.45, 2.75) is 19.4 Å². The number of carbonyl (C=O) groups is 1. The summed E-state index contributed by atoms with van der Waals surface area (Å²) in [5.74, 6) is -1.01. The first kappa shape index (κ1) is 21.7. The summed E-state index contributed by atoms with van der Waals surface area (Å²) >= 11 is 6.20.